The van der Waals surface area contributed by atoms with E-state index in [9.17, 15) is 4.79 Å². The normalized spacial score (nSPS) is 10.0. The molecule has 0 saturated heterocycles. The van der Waals surface area contributed by atoms with E-state index in [0.29, 0.717) is 16.9 Å². The van der Waals surface area contributed by atoms with Crippen molar-refractivity contribution >= 4 is 11.6 Å². The highest BCUT2D eigenvalue weighted by molar-refractivity contribution is 5.93. The number of nitrogen functional groups attached to an aromatic ring is 1. The Morgan fingerprint density at radius 1 is 1.12 bits per heavy atom. The van der Waals surface area contributed by atoms with Crippen molar-refractivity contribution in [1.29, 1.82) is 0 Å². The first kappa shape index (κ1) is 10.2. The molecule has 80 valence electrons. The standard InChI is InChI=1S/C12H11N3O/c13-10-3-1-8(2-4-10)11-7-9(12(14)16)5-6-15-11/h1-7H,13H2,(H2,14,16). The molecule has 0 spiro atoms. The third-order valence-corrected chi connectivity index (χ3v) is 2.25. The topological polar surface area (TPSA) is 82.0 Å². The van der Waals surface area contributed by atoms with Crippen LogP contribution in [0, 0.1) is 0 Å². The van der Waals surface area contributed by atoms with Gasteiger partial charge in [-0.1, -0.05) is 12.1 Å². The Bertz CT molecular complexity index is 520. The van der Waals surface area contributed by atoms with Crippen LogP contribution in [0.3, 0.4) is 0 Å². The lowest BCUT2D eigenvalue weighted by Gasteiger charge is -2.02. The third-order valence-electron chi connectivity index (χ3n) is 2.25. The molecule has 1 heterocycles. The van der Waals surface area contributed by atoms with E-state index in [-0.39, 0.29) is 0 Å². The molecule has 2 rings (SSSR count). The summed E-state index contributed by atoms with van der Waals surface area (Å²) >= 11 is 0. The number of aromatic nitrogens is 1. The van der Waals surface area contributed by atoms with Crippen LogP contribution in [0.4, 0.5) is 5.69 Å². The predicted molar refractivity (Wildman–Crippen MR) is 62.6 cm³/mol. The van der Waals surface area contributed by atoms with Crippen molar-refractivity contribution in [3.63, 3.8) is 0 Å². The minimum Gasteiger partial charge on any atom is -0.399 e. The Morgan fingerprint density at radius 3 is 2.44 bits per heavy atom. The van der Waals surface area contributed by atoms with E-state index in [0.717, 1.165) is 5.56 Å². The maximum atomic E-state index is 11.0. The highest BCUT2D eigenvalue weighted by atomic mass is 16.1. The third kappa shape index (κ3) is 2.00. The maximum absolute atomic E-state index is 11.0. The Hall–Kier alpha value is -2.36. The first-order chi connectivity index (χ1) is 7.66. The van der Waals surface area contributed by atoms with Crippen molar-refractivity contribution < 1.29 is 4.79 Å². The van der Waals surface area contributed by atoms with Gasteiger partial charge in [-0.25, -0.2) is 0 Å². The molecule has 4 heteroatoms. The van der Waals surface area contributed by atoms with Gasteiger partial charge in [-0.05, 0) is 24.3 Å². The first-order valence-corrected chi connectivity index (χ1v) is 4.78. The van der Waals surface area contributed by atoms with E-state index < -0.39 is 5.91 Å². The largest absolute Gasteiger partial charge is 0.399 e. The van der Waals surface area contributed by atoms with Crippen molar-refractivity contribution in [3.8, 4) is 11.3 Å². The zero-order chi connectivity index (χ0) is 11.5. The lowest BCUT2D eigenvalue weighted by Crippen LogP contribution is -2.10. The van der Waals surface area contributed by atoms with Gasteiger partial charge in [0.15, 0.2) is 0 Å². The Kier molecular flexibility index (Phi) is 2.55. The van der Waals surface area contributed by atoms with Gasteiger partial charge in [0.2, 0.25) is 5.91 Å². The molecule has 0 saturated carbocycles. The molecular weight excluding hydrogens is 202 g/mol. The maximum Gasteiger partial charge on any atom is 0.248 e. The average molecular weight is 213 g/mol. The second-order valence-corrected chi connectivity index (χ2v) is 3.42. The molecule has 4 nitrogen and oxygen atoms in total. The molecule has 1 amide bonds. The number of nitrogens with two attached hydrogens (primary N) is 2. The molecule has 1 aromatic carbocycles. The molecule has 0 fully saturated rings. The summed E-state index contributed by atoms with van der Waals surface area (Å²) in [5.41, 5.74) is 13.5. The van der Waals surface area contributed by atoms with Crippen LogP contribution in [0.25, 0.3) is 11.3 Å². The monoisotopic (exact) mass is 213 g/mol. The number of carbonyl (C=O) groups is 1. The Morgan fingerprint density at radius 2 is 1.81 bits per heavy atom. The molecule has 2 aromatic rings. The second-order valence-electron chi connectivity index (χ2n) is 3.42. The van der Waals surface area contributed by atoms with Gasteiger partial charge >= 0.3 is 0 Å². The lowest BCUT2D eigenvalue weighted by atomic mass is 10.1. The van der Waals surface area contributed by atoms with Crippen molar-refractivity contribution in [1.82, 2.24) is 4.98 Å². The summed E-state index contributed by atoms with van der Waals surface area (Å²) in [6.07, 6.45) is 1.56. The molecule has 0 atom stereocenters. The fourth-order valence-electron chi connectivity index (χ4n) is 1.40. The summed E-state index contributed by atoms with van der Waals surface area (Å²) in [5.74, 6) is -0.459. The molecule has 0 bridgehead atoms. The van der Waals surface area contributed by atoms with E-state index in [4.69, 9.17) is 11.5 Å². The predicted octanol–water partition coefficient (Wildman–Crippen LogP) is 1.43. The quantitative estimate of drug-likeness (QED) is 0.740. The molecule has 4 N–H and O–H groups in total. The summed E-state index contributed by atoms with van der Waals surface area (Å²) in [7, 11) is 0. The van der Waals surface area contributed by atoms with Crippen molar-refractivity contribution in [2.24, 2.45) is 5.73 Å². The molecule has 0 aliphatic carbocycles. The van der Waals surface area contributed by atoms with Crippen LogP contribution in [-0.2, 0) is 0 Å². The number of pyridine rings is 1. The van der Waals surface area contributed by atoms with Gasteiger partial charge in [0, 0.05) is 23.0 Å². The van der Waals surface area contributed by atoms with Gasteiger partial charge in [-0.15, -0.1) is 0 Å². The van der Waals surface area contributed by atoms with Gasteiger partial charge in [0.1, 0.15) is 0 Å². The number of hydrogen-bond acceptors (Lipinski definition) is 3. The number of nitrogens with zero attached hydrogens (tertiary/aromatic N) is 1. The van der Waals surface area contributed by atoms with Crippen LogP contribution in [0.5, 0.6) is 0 Å². The molecular formula is C12H11N3O. The fraction of sp³-hybridized carbons (Fsp3) is 0. The number of amides is 1. The minimum atomic E-state index is -0.459. The average Bonchev–Trinajstić information content (AvgIpc) is 2.30. The number of carbonyl (C=O) groups excluding carboxylic acids is 1. The second kappa shape index (κ2) is 4.02. The van der Waals surface area contributed by atoms with Crippen LogP contribution in [-0.4, -0.2) is 10.9 Å². The summed E-state index contributed by atoms with van der Waals surface area (Å²) in [5, 5.41) is 0. The highest BCUT2D eigenvalue weighted by Gasteiger charge is 2.03. The Labute approximate surface area is 92.9 Å². The highest BCUT2D eigenvalue weighted by Crippen LogP contribution is 2.18. The number of benzene rings is 1. The zero-order valence-corrected chi connectivity index (χ0v) is 8.55. The summed E-state index contributed by atoms with van der Waals surface area (Å²) in [6, 6.07) is 10.5. The lowest BCUT2D eigenvalue weighted by molar-refractivity contribution is 0.1000. The molecule has 0 unspecified atom stereocenters. The van der Waals surface area contributed by atoms with Crippen LogP contribution >= 0.6 is 0 Å². The molecule has 0 aliphatic heterocycles. The number of hydrogen-bond donors (Lipinski definition) is 2. The van der Waals surface area contributed by atoms with Crippen LogP contribution in [0.15, 0.2) is 42.6 Å². The van der Waals surface area contributed by atoms with Crippen molar-refractivity contribution in [2.45, 2.75) is 0 Å². The molecule has 1 aromatic heterocycles. The summed E-state index contributed by atoms with van der Waals surface area (Å²) < 4.78 is 0. The van der Waals surface area contributed by atoms with E-state index in [1.54, 1.807) is 30.5 Å². The summed E-state index contributed by atoms with van der Waals surface area (Å²) in [4.78, 5) is 15.2. The minimum absolute atomic E-state index is 0.446. The Balaban J connectivity index is 2.44. The smallest absolute Gasteiger partial charge is 0.248 e. The van der Waals surface area contributed by atoms with Crippen molar-refractivity contribution in [3.05, 3.63) is 48.2 Å². The van der Waals surface area contributed by atoms with Crippen molar-refractivity contribution in [2.75, 3.05) is 5.73 Å². The van der Waals surface area contributed by atoms with Crippen LogP contribution in [0.1, 0.15) is 10.4 Å². The first-order valence-electron chi connectivity index (χ1n) is 4.78. The fourth-order valence-corrected chi connectivity index (χ4v) is 1.40. The van der Waals surface area contributed by atoms with Gasteiger partial charge in [0.05, 0.1) is 5.69 Å². The SMILES string of the molecule is NC(=O)c1ccnc(-c2ccc(N)cc2)c1. The number of rotatable bonds is 2. The van der Waals surface area contributed by atoms with Gasteiger partial charge in [-0.2, -0.15) is 0 Å². The van der Waals surface area contributed by atoms with Gasteiger partial charge in [-0.3, -0.25) is 9.78 Å². The van der Waals surface area contributed by atoms with Crippen LogP contribution in [0.2, 0.25) is 0 Å². The van der Waals surface area contributed by atoms with Crippen LogP contribution < -0.4 is 11.5 Å². The molecule has 16 heavy (non-hydrogen) atoms. The van der Waals surface area contributed by atoms with E-state index in [1.807, 2.05) is 12.1 Å². The van der Waals surface area contributed by atoms with E-state index in [2.05, 4.69) is 4.98 Å². The zero-order valence-electron chi connectivity index (χ0n) is 8.55. The number of primary amides is 1. The van der Waals surface area contributed by atoms with Gasteiger partial charge < -0.3 is 11.5 Å². The summed E-state index contributed by atoms with van der Waals surface area (Å²) in [6.45, 7) is 0. The molecule has 0 radical (unpaired) electrons. The van der Waals surface area contributed by atoms with Gasteiger partial charge in [0.25, 0.3) is 0 Å². The molecule has 0 aliphatic rings. The van der Waals surface area contributed by atoms with E-state index >= 15 is 0 Å². The van der Waals surface area contributed by atoms with E-state index in [1.165, 1.54) is 0 Å². The number of anilines is 1.